The SMILES string of the molecule is COCCCn1c(N)nc2c(F)cccc21. The van der Waals surface area contributed by atoms with Crippen LogP contribution < -0.4 is 5.73 Å². The highest BCUT2D eigenvalue weighted by molar-refractivity contribution is 5.78. The van der Waals surface area contributed by atoms with Gasteiger partial charge in [-0.1, -0.05) is 6.07 Å². The molecule has 0 saturated heterocycles. The van der Waals surface area contributed by atoms with E-state index in [9.17, 15) is 4.39 Å². The van der Waals surface area contributed by atoms with E-state index in [1.807, 2.05) is 6.07 Å². The van der Waals surface area contributed by atoms with Gasteiger partial charge in [0, 0.05) is 20.3 Å². The molecule has 86 valence electrons. The maximum absolute atomic E-state index is 13.4. The molecule has 1 heterocycles. The summed E-state index contributed by atoms with van der Waals surface area (Å²) in [5, 5.41) is 0. The average molecular weight is 223 g/mol. The number of benzene rings is 1. The minimum Gasteiger partial charge on any atom is -0.385 e. The first-order valence-corrected chi connectivity index (χ1v) is 5.13. The summed E-state index contributed by atoms with van der Waals surface area (Å²) in [4.78, 5) is 4.02. The van der Waals surface area contributed by atoms with E-state index in [0.717, 1.165) is 11.9 Å². The summed E-state index contributed by atoms with van der Waals surface area (Å²) in [5.41, 5.74) is 6.81. The van der Waals surface area contributed by atoms with Gasteiger partial charge in [0.25, 0.3) is 0 Å². The smallest absolute Gasteiger partial charge is 0.201 e. The Morgan fingerprint density at radius 2 is 2.31 bits per heavy atom. The van der Waals surface area contributed by atoms with Gasteiger partial charge in [0.15, 0.2) is 5.82 Å². The van der Waals surface area contributed by atoms with Crippen LogP contribution >= 0.6 is 0 Å². The van der Waals surface area contributed by atoms with Crippen molar-refractivity contribution in [2.75, 3.05) is 19.5 Å². The molecule has 0 bridgehead atoms. The van der Waals surface area contributed by atoms with Crippen molar-refractivity contribution in [2.45, 2.75) is 13.0 Å². The number of anilines is 1. The van der Waals surface area contributed by atoms with Crippen LogP contribution in [0.3, 0.4) is 0 Å². The number of hydrogen-bond donors (Lipinski definition) is 1. The maximum Gasteiger partial charge on any atom is 0.201 e. The summed E-state index contributed by atoms with van der Waals surface area (Å²) in [5.74, 6) is 0.00546. The number of rotatable bonds is 4. The van der Waals surface area contributed by atoms with Crippen LogP contribution in [0.15, 0.2) is 18.2 Å². The molecular weight excluding hydrogens is 209 g/mol. The normalized spacial score (nSPS) is 11.1. The van der Waals surface area contributed by atoms with Crippen LogP contribution in [0.4, 0.5) is 10.3 Å². The highest BCUT2D eigenvalue weighted by Crippen LogP contribution is 2.20. The molecule has 0 unspecified atom stereocenters. The third-order valence-corrected chi connectivity index (χ3v) is 2.49. The van der Waals surface area contributed by atoms with Crippen molar-refractivity contribution >= 4 is 17.0 Å². The lowest BCUT2D eigenvalue weighted by Crippen LogP contribution is -2.05. The van der Waals surface area contributed by atoms with E-state index in [1.165, 1.54) is 6.07 Å². The van der Waals surface area contributed by atoms with Gasteiger partial charge in [-0.05, 0) is 18.6 Å². The van der Waals surface area contributed by atoms with Gasteiger partial charge in [-0.3, -0.25) is 0 Å². The van der Waals surface area contributed by atoms with Crippen LogP contribution in [-0.4, -0.2) is 23.3 Å². The monoisotopic (exact) mass is 223 g/mol. The molecule has 5 heteroatoms. The first-order valence-electron chi connectivity index (χ1n) is 5.13. The van der Waals surface area contributed by atoms with Crippen molar-refractivity contribution in [3.05, 3.63) is 24.0 Å². The van der Waals surface area contributed by atoms with Gasteiger partial charge < -0.3 is 15.0 Å². The molecule has 0 aliphatic carbocycles. The fraction of sp³-hybridized carbons (Fsp3) is 0.364. The number of hydrogen-bond acceptors (Lipinski definition) is 3. The first kappa shape index (κ1) is 10.9. The lowest BCUT2D eigenvalue weighted by Gasteiger charge is -2.05. The Bertz CT molecular complexity index is 495. The van der Waals surface area contributed by atoms with Crippen molar-refractivity contribution in [3.63, 3.8) is 0 Å². The number of methoxy groups -OCH3 is 1. The molecule has 0 amide bonds. The molecule has 0 fully saturated rings. The van der Waals surface area contributed by atoms with Crippen molar-refractivity contribution < 1.29 is 9.13 Å². The molecule has 0 saturated carbocycles. The topological polar surface area (TPSA) is 53.1 Å². The zero-order valence-corrected chi connectivity index (χ0v) is 9.11. The van der Waals surface area contributed by atoms with Crippen molar-refractivity contribution in [1.82, 2.24) is 9.55 Å². The number of halogens is 1. The number of aromatic nitrogens is 2. The van der Waals surface area contributed by atoms with E-state index in [0.29, 0.717) is 24.6 Å². The predicted molar refractivity (Wildman–Crippen MR) is 60.6 cm³/mol. The Kier molecular flexibility index (Phi) is 3.05. The fourth-order valence-corrected chi connectivity index (χ4v) is 1.73. The van der Waals surface area contributed by atoms with Gasteiger partial charge in [0.2, 0.25) is 5.95 Å². The third kappa shape index (κ3) is 1.86. The van der Waals surface area contributed by atoms with E-state index >= 15 is 0 Å². The Hall–Kier alpha value is -1.62. The van der Waals surface area contributed by atoms with Gasteiger partial charge in [-0.15, -0.1) is 0 Å². The van der Waals surface area contributed by atoms with Gasteiger partial charge in [0.05, 0.1) is 5.52 Å². The summed E-state index contributed by atoms with van der Waals surface area (Å²) in [6.45, 7) is 1.33. The average Bonchev–Trinajstić information content (AvgIpc) is 2.58. The molecule has 0 spiro atoms. The van der Waals surface area contributed by atoms with E-state index < -0.39 is 0 Å². The number of para-hydroxylation sites is 1. The number of nitrogens with zero attached hydrogens (tertiary/aromatic N) is 2. The van der Waals surface area contributed by atoms with Crippen molar-refractivity contribution in [2.24, 2.45) is 0 Å². The predicted octanol–water partition coefficient (Wildman–Crippen LogP) is 1.79. The van der Waals surface area contributed by atoms with Crippen molar-refractivity contribution in [3.8, 4) is 0 Å². The number of aryl methyl sites for hydroxylation is 1. The molecule has 2 aromatic rings. The molecular formula is C11H14FN3O. The van der Waals surface area contributed by atoms with Gasteiger partial charge in [0.1, 0.15) is 5.52 Å². The minimum atomic E-state index is -0.338. The van der Waals surface area contributed by atoms with E-state index in [2.05, 4.69) is 4.98 Å². The minimum absolute atomic E-state index is 0.331. The first-order chi connectivity index (χ1) is 7.74. The van der Waals surface area contributed by atoms with Crippen molar-refractivity contribution in [1.29, 1.82) is 0 Å². The molecule has 4 nitrogen and oxygen atoms in total. The fourth-order valence-electron chi connectivity index (χ4n) is 1.73. The molecule has 0 atom stereocenters. The molecule has 0 radical (unpaired) electrons. The maximum atomic E-state index is 13.4. The Morgan fingerprint density at radius 1 is 1.50 bits per heavy atom. The van der Waals surface area contributed by atoms with E-state index in [-0.39, 0.29) is 5.82 Å². The summed E-state index contributed by atoms with van der Waals surface area (Å²) >= 11 is 0. The molecule has 1 aromatic carbocycles. The third-order valence-electron chi connectivity index (χ3n) is 2.49. The Balaban J connectivity index is 2.36. The number of imidazole rings is 1. The van der Waals surface area contributed by atoms with Crippen LogP contribution in [0.2, 0.25) is 0 Å². The van der Waals surface area contributed by atoms with Gasteiger partial charge in [-0.25, -0.2) is 9.37 Å². The van der Waals surface area contributed by atoms with Crippen LogP contribution in [0.1, 0.15) is 6.42 Å². The lowest BCUT2D eigenvalue weighted by molar-refractivity contribution is 0.191. The second-order valence-electron chi connectivity index (χ2n) is 3.58. The van der Waals surface area contributed by atoms with E-state index in [1.54, 1.807) is 17.7 Å². The molecule has 0 aliphatic rings. The van der Waals surface area contributed by atoms with Crippen LogP contribution in [0, 0.1) is 5.82 Å². The molecule has 2 rings (SSSR count). The summed E-state index contributed by atoms with van der Waals surface area (Å²) in [7, 11) is 1.65. The highest BCUT2D eigenvalue weighted by Gasteiger charge is 2.10. The van der Waals surface area contributed by atoms with Gasteiger partial charge in [-0.2, -0.15) is 0 Å². The largest absolute Gasteiger partial charge is 0.385 e. The van der Waals surface area contributed by atoms with E-state index in [4.69, 9.17) is 10.5 Å². The zero-order valence-electron chi connectivity index (χ0n) is 9.11. The number of ether oxygens (including phenoxy) is 1. The van der Waals surface area contributed by atoms with Crippen LogP contribution in [0.5, 0.6) is 0 Å². The molecule has 0 aliphatic heterocycles. The molecule has 1 aromatic heterocycles. The number of fused-ring (bicyclic) bond motifs is 1. The number of nitrogen functional groups attached to an aromatic ring is 1. The Morgan fingerprint density at radius 3 is 3.06 bits per heavy atom. The zero-order chi connectivity index (χ0) is 11.5. The summed E-state index contributed by atoms with van der Waals surface area (Å²) in [6.07, 6.45) is 0.822. The van der Waals surface area contributed by atoms with Crippen LogP contribution in [-0.2, 0) is 11.3 Å². The quantitative estimate of drug-likeness (QED) is 0.804. The second-order valence-corrected chi connectivity index (χ2v) is 3.58. The van der Waals surface area contributed by atoms with Gasteiger partial charge >= 0.3 is 0 Å². The standard InChI is InChI=1S/C11H14FN3O/c1-16-7-3-6-15-9-5-2-4-8(12)10(9)14-11(15)13/h2,4-5H,3,6-7H2,1H3,(H2,13,14). The second kappa shape index (κ2) is 4.49. The summed E-state index contributed by atoms with van der Waals surface area (Å²) < 4.78 is 20.2. The number of nitrogens with two attached hydrogens (primary N) is 1. The Labute approximate surface area is 92.8 Å². The highest BCUT2D eigenvalue weighted by atomic mass is 19.1. The summed E-state index contributed by atoms with van der Waals surface area (Å²) in [6, 6.07) is 4.86. The molecule has 2 N–H and O–H groups in total. The molecule has 16 heavy (non-hydrogen) atoms. The van der Waals surface area contributed by atoms with Crippen LogP contribution in [0.25, 0.3) is 11.0 Å². The lowest BCUT2D eigenvalue weighted by atomic mass is 10.3.